The van der Waals surface area contributed by atoms with E-state index in [-0.39, 0.29) is 0 Å². The number of pyridine rings is 1. The van der Waals surface area contributed by atoms with Gasteiger partial charge in [-0.05, 0) is 50.9 Å². The lowest BCUT2D eigenvalue weighted by atomic mass is 10.3. The van der Waals surface area contributed by atoms with Crippen molar-refractivity contribution < 1.29 is 0 Å². The summed E-state index contributed by atoms with van der Waals surface area (Å²) in [6.07, 6.45) is 3.08. The molecule has 1 aliphatic heterocycles. The minimum Gasteiger partial charge on any atom is -0.300 e. The molecule has 0 aliphatic carbocycles. The Labute approximate surface area is 111 Å². The average molecular weight is 352 g/mol. The smallest absolute Gasteiger partial charge is 0.0976 e. The number of hydrogen-bond acceptors (Lipinski definition) is 3. The third kappa shape index (κ3) is 2.96. The lowest BCUT2D eigenvalue weighted by Gasteiger charge is -2.27. The highest BCUT2D eigenvalue weighted by molar-refractivity contribution is 9.11. The zero-order valence-corrected chi connectivity index (χ0v) is 12.3. The van der Waals surface area contributed by atoms with Gasteiger partial charge in [-0.15, -0.1) is 11.8 Å². The largest absolute Gasteiger partial charge is 0.300 e. The lowest BCUT2D eigenvalue weighted by molar-refractivity contribution is 0.595. The normalized spacial score (nSPS) is 26.6. The van der Waals surface area contributed by atoms with E-state index < -0.39 is 0 Å². The Bertz CT molecular complexity index is 359. The second kappa shape index (κ2) is 5.17. The Morgan fingerprint density at radius 2 is 2.33 bits per heavy atom. The van der Waals surface area contributed by atoms with Crippen LogP contribution in [0.1, 0.15) is 24.4 Å². The molecule has 0 spiro atoms. The van der Waals surface area contributed by atoms with Crippen molar-refractivity contribution in [3.8, 4) is 0 Å². The first kappa shape index (κ1) is 11.9. The first-order valence-electron chi connectivity index (χ1n) is 4.86. The summed E-state index contributed by atoms with van der Waals surface area (Å²) in [5, 5.41) is 4.50. The van der Waals surface area contributed by atoms with Gasteiger partial charge in [-0.25, -0.2) is 0 Å². The maximum atomic E-state index is 4.46. The van der Waals surface area contributed by atoms with Crippen LogP contribution in [0.15, 0.2) is 21.2 Å². The Morgan fingerprint density at radius 1 is 1.53 bits per heavy atom. The van der Waals surface area contributed by atoms with Gasteiger partial charge < -0.3 is 5.32 Å². The Balaban J connectivity index is 2.21. The minimum atomic E-state index is 0.316. The molecular weight excluding hydrogens is 340 g/mol. The first-order valence-corrected chi connectivity index (χ1v) is 7.39. The van der Waals surface area contributed by atoms with E-state index >= 15 is 0 Å². The van der Waals surface area contributed by atoms with Crippen LogP contribution in [0.4, 0.5) is 0 Å². The molecule has 0 saturated carbocycles. The molecule has 15 heavy (non-hydrogen) atoms. The van der Waals surface area contributed by atoms with E-state index in [2.05, 4.69) is 49.1 Å². The summed E-state index contributed by atoms with van der Waals surface area (Å²) in [6, 6.07) is 2.05. The molecular formula is C10H12Br2N2S. The molecule has 0 aromatic carbocycles. The molecule has 2 atom stereocenters. The van der Waals surface area contributed by atoms with Crippen LogP contribution in [0.3, 0.4) is 0 Å². The van der Waals surface area contributed by atoms with Gasteiger partial charge in [0.25, 0.3) is 0 Å². The quantitative estimate of drug-likeness (QED) is 0.834. The van der Waals surface area contributed by atoms with Crippen LogP contribution in [0.5, 0.6) is 0 Å². The highest BCUT2D eigenvalue weighted by atomic mass is 79.9. The Hall–Kier alpha value is 0.420. The van der Waals surface area contributed by atoms with Crippen LogP contribution in [0, 0.1) is 0 Å². The SMILES string of the molecule is CC1CCNC(c2ncc(Br)cc2Br)S1. The van der Waals surface area contributed by atoms with Gasteiger partial charge in [0, 0.05) is 20.4 Å². The van der Waals surface area contributed by atoms with Crippen molar-refractivity contribution in [3.63, 3.8) is 0 Å². The molecule has 82 valence electrons. The zero-order valence-electron chi connectivity index (χ0n) is 8.34. The molecule has 2 unspecified atom stereocenters. The standard InChI is InChI=1S/C10H12Br2N2S/c1-6-2-3-13-10(15-6)9-8(12)4-7(11)5-14-9/h4-6,10,13H,2-3H2,1H3. The van der Waals surface area contributed by atoms with Crippen molar-refractivity contribution in [2.24, 2.45) is 0 Å². The fourth-order valence-corrected chi connectivity index (χ4v) is 4.16. The number of rotatable bonds is 1. The number of hydrogen-bond donors (Lipinski definition) is 1. The molecule has 1 fully saturated rings. The minimum absolute atomic E-state index is 0.316. The predicted molar refractivity (Wildman–Crippen MR) is 72.1 cm³/mol. The van der Waals surface area contributed by atoms with Crippen LogP contribution in [0.25, 0.3) is 0 Å². The fraction of sp³-hybridized carbons (Fsp3) is 0.500. The molecule has 1 aromatic rings. The molecule has 2 rings (SSSR count). The molecule has 1 N–H and O–H groups in total. The van der Waals surface area contributed by atoms with Gasteiger partial charge >= 0.3 is 0 Å². The van der Waals surface area contributed by atoms with Crippen molar-refractivity contribution in [2.45, 2.75) is 24.0 Å². The van der Waals surface area contributed by atoms with E-state index in [9.17, 15) is 0 Å². The van der Waals surface area contributed by atoms with Gasteiger partial charge in [0.2, 0.25) is 0 Å². The predicted octanol–water partition coefficient (Wildman–Crippen LogP) is 3.72. The van der Waals surface area contributed by atoms with Gasteiger partial charge in [0.1, 0.15) is 0 Å². The van der Waals surface area contributed by atoms with Gasteiger partial charge in [-0.3, -0.25) is 4.98 Å². The van der Waals surface area contributed by atoms with Gasteiger partial charge in [0.05, 0.1) is 11.1 Å². The zero-order chi connectivity index (χ0) is 10.8. The fourth-order valence-electron chi connectivity index (χ4n) is 1.55. The second-order valence-electron chi connectivity index (χ2n) is 3.59. The van der Waals surface area contributed by atoms with E-state index in [0.717, 1.165) is 21.2 Å². The van der Waals surface area contributed by atoms with Crippen molar-refractivity contribution in [3.05, 3.63) is 26.9 Å². The van der Waals surface area contributed by atoms with Crippen LogP contribution in [0.2, 0.25) is 0 Å². The summed E-state index contributed by atoms with van der Waals surface area (Å²) in [7, 11) is 0. The third-order valence-electron chi connectivity index (χ3n) is 2.33. The van der Waals surface area contributed by atoms with E-state index in [0.29, 0.717) is 10.6 Å². The highest BCUT2D eigenvalue weighted by Crippen LogP contribution is 2.36. The summed E-state index contributed by atoms with van der Waals surface area (Å²) in [5.74, 6) is 0. The Kier molecular flexibility index (Phi) is 4.10. The molecule has 0 radical (unpaired) electrons. The Morgan fingerprint density at radius 3 is 3.00 bits per heavy atom. The molecule has 5 heteroatoms. The average Bonchev–Trinajstić information content (AvgIpc) is 2.17. The van der Waals surface area contributed by atoms with E-state index in [4.69, 9.17) is 0 Å². The monoisotopic (exact) mass is 350 g/mol. The van der Waals surface area contributed by atoms with Crippen molar-refractivity contribution in [1.29, 1.82) is 0 Å². The molecule has 0 bridgehead atoms. The molecule has 0 amide bonds. The third-order valence-corrected chi connectivity index (χ3v) is 4.76. The van der Waals surface area contributed by atoms with Gasteiger partial charge in [0.15, 0.2) is 0 Å². The summed E-state index contributed by atoms with van der Waals surface area (Å²) in [5.41, 5.74) is 1.09. The number of halogens is 2. The molecule has 1 saturated heterocycles. The second-order valence-corrected chi connectivity index (χ2v) is 6.91. The number of nitrogens with one attached hydrogen (secondary N) is 1. The topological polar surface area (TPSA) is 24.9 Å². The molecule has 2 nitrogen and oxygen atoms in total. The molecule has 1 aliphatic rings. The summed E-state index contributed by atoms with van der Waals surface area (Å²) in [4.78, 5) is 4.46. The van der Waals surface area contributed by atoms with E-state index in [1.807, 2.05) is 24.0 Å². The maximum Gasteiger partial charge on any atom is 0.0976 e. The van der Waals surface area contributed by atoms with Gasteiger partial charge in [-0.1, -0.05) is 6.92 Å². The van der Waals surface area contributed by atoms with Crippen molar-refractivity contribution >= 4 is 43.6 Å². The maximum absolute atomic E-state index is 4.46. The number of aromatic nitrogens is 1. The molecule has 2 heterocycles. The van der Waals surface area contributed by atoms with E-state index in [1.54, 1.807) is 0 Å². The number of nitrogens with zero attached hydrogens (tertiary/aromatic N) is 1. The van der Waals surface area contributed by atoms with Crippen LogP contribution in [-0.2, 0) is 0 Å². The van der Waals surface area contributed by atoms with Crippen molar-refractivity contribution in [1.82, 2.24) is 10.3 Å². The number of thioether (sulfide) groups is 1. The van der Waals surface area contributed by atoms with Gasteiger partial charge in [-0.2, -0.15) is 0 Å². The lowest BCUT2D eigenvalue weighted by Crippen LogP contribution is -2.29. The van der Waals surface area contributed by atoms with Crippen LogP contribution < -0.4 is 5.32 Å². The van der Waals surface area contributed by atoms with E-state index in [1.165, 1.54) is 6.42 Å². The molecule has 1 aromatic heterocycles. The summed E-state index contributed by atoms with van der Waals surface area (Å²) in [6.45, 7) is 3.34. The summed E-state index contributed by atoms with van der Waals surface area (Å²) >= 11 is 8.91. The first-order chi connectivity index (χ1) is 7.16. The van der Waals surface area contributed by atoms with Crippen LogP contribution in [-0.4, -0.2) is 16.8 Å². The summed E-state index contributed by atoms with van der Waals surface area (Å²) < 4.78 is 2.07. The van der Waals surface area contributed by atoms with Crippen LogP contribution >= 0.6 is 43.6 Å². The highest BCUT2D eigenvalue weighted by Gasteiger charge is 2.23. The van der Waals surface area contributed by atoms with Crippen molar-refractivity contribution in [2.75, 3.05) is 6.54 Å².